The largest absolute Gasteiger partial charge is 0.296 e. The van der Waals surface area contributed by atoms with Gasteiger partial charge in [-0.3, -0.25) is 4.90 Å². The van der Waals surface area contributed by atoms with Crippen molar-refractivity contribution in [3.05, 3.63) is 16.5 Å². The average molecular weight is 345 g/mol. The van der Waals surface area contributed by atoms with Crippen LogP contribution >= 0.6 is 22.9 Å². The summed E-state index contributed by atoms with van der Waals surface area (Å²) in [5.41, 5.74) is 0. The highest BCUT2D eigenvalue weighted by atomic mass is 35.5. The van der Waals surface area contributed by atoms with E-state index in [1.165, 1.54) is 10.4 Å². The van der Waals surface area contributed by atoms with E-state index >= 15 is 0 Å². The highest BCUT2D eigenvalue weighted by Crippen LogP contribution is 2.28. The van der Waals surface area contributed by atoms with Crippen LogP contribution in [0.1, 0.15) is 6.42 Å². The lowest BCUT2D eigenvalue weighted by Crippen LogP contribution is -2.36. The van der Waals surface area contributed by atoms with Crippen molar-refractivity contribution in [2.24, 2.45) is 0 Å². The Morgan fingerprint density at radius 1 is 1.25 bits per heavy atom. The maximum absolute atomic E-state index is 12.4. The molecule has 0 aliphatic carbocycles. The van der Waals surface area contributed by atoms with Gasteiger partial charge in [0.1, 0.15) is 4.21 Å². The van der Waals surface area contributed by atoms with E-state index in [1.807, 2.05) is 0 Å². The van der Waals surface area contributed by atoms with Crippen LogP contribution in [0.25, 0.3) is 0 Å². The van der Waals surface area contributed by atoms with Crippen molar-refractivity contribution in [3.63, 3.8) is 0 Å². The summed E-state index contributed by atoms with van der Waals surface area (Å²) in [6.07, 6.45) is -1.85. The fourth-order valence-corrected chi connectivity index (χ4v) is 5.24. The second-order valence-corrected chi connectivity index (χ2v) is 8.39. The van der Waals surface area contributed by atoms with Gasteiger partial charge in [0.05, 0.1) is 10.9 Å². The van der Waals surface area contributed by atoms with E-state index in [2.05, 4.69) is 0 Å². The van der Waals surface area contributed by atoms with Crippen molar-refractivity contribution in [1.82, 2.24) is 9.21 Å². The number of alkyl halides is 2. The van der Waals surface area contributed by atoms with E-state index in [1.54, 1.807) is 11.0 Å². The fraction of sp³-hybridized carbons (Fsp3) is 0.636. The molecule has 0 radical (unpaired) electrons. The quantitative estimate of drug-likeness (QED) is 0.842. The zero-order valence-corrected chi connectivity index (χ0v) is 13.0. The number of rotatable bonds is 4. The van der Waals surface area contributed by atoms with Gasteiger partial charge >= 0.3 is 0 Å². The van der Waals surface area contributed by atoms with Gasteiger partial charge in [-0.05, 0) is 25.1 Å². The maximum Gasteiger partial charge on any atom is 0.252 e. The second kappa shape index (κ2) is 6.65. The van der Waals surface area contributed by atoms with Gasteiger partial charge in [0, 0.05) is 19.6 Å². The summed E-state index contributed by atoms with van der Waals surface area (Å²) in [6.45, 7) is 1.07. The van der Waals surface area contributed by atoms with E-state index < -0.39 is 16.4 Å². The molecular weight excluding hydrogens is 330 g/mol. The highest BCUT2D eigenvalue weighted by Gasteiger charge is 2.28. The lowest BCUT2D eigenvalue weighted by Gasteiger charge is -2.20. The Hall–Kier alpha value is -0.280. The second-order valence-electron chi connectivity index (χ2n) is 4.51. The Morgan fingerprint density at radius 3 is 2.60 bits per heavy atom. The fourth-order valence-electron chi connectivity index (χ4n) is 2.13. The minimum atomic E-state index is -3.56. The molecule has 20 heavy (non-hydrogen) atoms. The van der Waals surface area contributed by atoms with Gasteiger partial charge in [-0.1, -0.05) is 11.6 Å². The number of thiophene rings is 1. The number of sulfonamides is 1. The normalized spacial score (nSPS) is 19.4. The van der Waals surface area contributed by atoms with Crippen molar-refractivity contribution >= 4 is 33.0 Å². The Balaban J connectivity index is 2.06. The molecule has 0 aromatic carbocycles. The van der Waals surface area contributed by atoms with Gasteiger partial charge in [0.2, 0.25) is 0 Å². The van der Waals surface area contributed by atoms with Crippen LogP contribution in [0.5, 0.6) is 0 Å². The van der Waals surface area contributed by atoms with E-state index in [0.29, 0.717) is 30.4 Å². The molecule has 0 spiro atoms. The molecule has 9 heteroatoms. The standard InChI is InChI=1S/C11H15ClF2N2O2S2/c12-9-2-3-11(19-9)20(17,18)16-5-1-4-15(6-7-16)8-10(13)14/h2-3,10H,1,4-8H2. The Labute approximate surface area is 126 Å². The van der Waals surface area contributed by atoms with Crippen LogP contribution in [0.4, 0.5) is 8.78 Å². The number of hydrogen-bond acceptors (Lipinski definition) is 4. The summed E-state index contributed by atoms with van der Waals surface area (Å²) in [5.74, 6) is 0. The van der Waals surface area contributed by atoms with Gasteiger partial charge in [0.15, 0.2) is 0 Å². The van der Waals surface area contributed by atoms with Crippen LogP contribution in [0.15, 0.2) is 16.3 Å². The first kappa shape index (κ1) is 16.1. The molecule has 0 unspecified atom stereocenters. The smallest absolute Gasteiger partial charge is 0.252 e. The van der Waals surface area contributed by atoms with Crippen LogP contribution < -0.4 is 0 Å². The van der Waals surface area contributed by atoms with Gasteiger partial charge < -0.3 is 0 Å². The first-order valence-corrected chi connectivity index (χ1v) is 8.79. The van der Waals surface area contributed by atoms with Crippen LogP contribution in [-0.4, -0.2) is 56.8 Å². The molecule has 0 N–H and O–H groups in total. The summed E-state index contributed by atoms with van der Waals surface area (Å²) in [6, 6.07) is 3.02. The highest BCUT2D eigenvalue weighted by molar-refractivity contribution is 7.91. The van der Waals surface area contributed by atoms with Crippen molar-refractivity contribution in [2.75, 3.05) is 32.7 Å². The molecule has 4 nitrogen and oxygen atoms in total. The molecule has 2 heterocycles. The molecule has 1 saturated heterocycles. The summed E-state index contributed by atoms with van der Waals surface area (Å²) in [4.78, 5) is 1.60. The molecule has 1 fully saturated rings. The number of hydrogen-bond donors (Lipinski definition) is 0. The van der Waals surface area contributed by atoms with E-state index in [0.717, 1.165) is 11.3 Å². The lowest BCUT2D eigenvalue weighted by atomic mass is 10.4. The SMILES string of the molecule is O=S(=O)(c1ccc(Cl)s1)N1CCCN(CC(F)F)CC1. The van der Waals surface area contributed by atoms with Crippen molar-refractivity contribution in [1.29, 1.82) is 0 Å². The van der Waals surface area contributed by atoms with Gasteiger partial charge in [-0.15, -0.1) is 11.3 Å². The van der Waals surface area contributed by atoms with Crippen LogP contribution in [0.3, 0.4) is 0 Å². The number of halogens is 3. The minimum Gasteiger partial charge on any atom is -0.296 e. The van der Waals surface area contributed by atoms with E-state index in [4.69, 9.17) is 11.6 Å². The van der Waals surface area contributed by atoms with Crippen molar-refractivity contribution < 1.29 is 17.2 Å². The number of nitrogens with zero attached hydrogens (tertiary/aromatic N) is 2. The monoisotopic (exact) mass is 344 g/mol. The Bertz CT molecular complexity index is 550. The summed E-state index contributed by atoms with van der Waals surface area (Å²) < 4.78 is 51.5. The molecule has 1 aliphatic heterocycles. The Kier molecular flexibility index (Phi) is 5.36. The van der Waals surface area contributed by atoms with Crippen molar-refractivity contribution in [2.45, 2.75) is 17.1 Å². The van der Waals surface area contributed by atoms with Gasteiger partial charge in [-0.2, -0.15) is 4.31 Å². The third-order valence-electron chi connectivity index (χ3n) is 3.09. The van der Waals surface area contributed by atoms with E-state index in [-0.39, 0.29) is 17.3 Å². The first-order chi connectivity index (χ1) is 9.39. The lowest BCUT2D eigenvalue weighted by molar-refractivity contribution is 0.0909. The Morgan fingerprint density at radius 2 is 2.00 bits per heavy atom. The molecule has 0 amide bonds. The van der Waals surface area contributed by atoms with Crippen molar-refractivity contribution in [3.8, 4) is 0 Å². The van der Waals surface area contributed by atoms with E-state index in [9.17, 15) is 17.2 Å². The zero-order valence-electron chi connectivity index (χ0n) is 10.6. The molecule has 0 bridgehead atoms. The predicted molar refractivity (Wildman–Crippen MR) is 75.1 cm³/mol. The minimum absolute atomic E-state index is 0.199. The van der Waals surface area contributed by atoms with Crippen LogP contribution in [0.2, 0.25) is 4.34 Å². The van der Waals surface area contributed by atoms with Gasteiger partial charge in [-0.25, -0.2) is 17.2 Å². The topological polar surface area (TPSA) is 40.6 Å². The average Bonchev–Trinajstić information content (AvgIpc) is 2.66. The molecule has 0 atom stereocenters. The first-order valence-electron chi connectivity index (χ1n) is 6.15. The summed E-state index contributed by atoms with van der Waals surface area (Å²) >= 11 is 6.77. The predicted octanol–water partition coefficient (Wildman–Crippen LogP) is 2.36. The van der Waals surface area contributed by atoms with Crippen LogP contribution in [0, 0.1) is 0 Å². The summed E-state index contributed by atoms with van der Waals surface area (Å²) in [7, 11) is -3.56. The molecule has 1 aromatic heterocycles. The zero-order chi connectivity index (χ0) is 14.8. The third-order valence-corrected chi connectivity index (χ3v) is 6.68. The van der Waals surface area contributed by atoms with Gasteiger partial charge in [0.25, 0.3) is 16.4 Å². The molecular formula is C11H15ClF2N2O2S2. The molecule has 2 rings (SSSR count). The maximum atomic E-state index is 12.4. The molecule has 1 aromatic rings. The molecule has 114 valence electrons. The molecule has 0 saturated carbocycles. The molecule has 1 aliphatic rings. The van der Waals surface area contributed by atoms with Crippen LogP contribution in [-0.2, 0) is 10.0 Å². The third kappa shape index (κ3) is 3.88. The summed E-state index contributed by atoms with van der Waals surface area (Å²) in [5, 5.41) is 0.